The van der Waals surface area contributed by atoms with Gasteiger partial charge in [0.25, 0.3) is 0 Å². The number of carbonyl (C=O) groups is 2. The minimum absolute atomic E-state index is 0.0229. The fourth-order valence-corrected chi connectivity index (χ4v) is 2.51. The van der Waals surface area contributed by atoms with Gasteiger partial charge in [0.2, 0.25) is 11.8 Å². The molecule has 6 nitrogen and oxygen atoms in total. The van der Waals surface area contributed by atoms with E-state index < -0.39 is 6.04 Å². The summed E-state index contributed by atoms with van der Waals surface area (Å²) in [5.74, 6) is 0.425. The third kappa shape index (κ3) is 4.71. The lowest BCUT2D eigenvalue weighted by atomic mass is 10.1. The molecule has 1 atom stereocenters. The van der Waals surface area contributed by atoms with Crippen molar-refractivity contribution in [2.45, 2.75) is 45.3 Å². The Balaban J connectivity index is 1.98. The van der Waals surface area contributed by atoms with E-state index in [0.717, 1.165) is 24.2 Å². The molecule has 132 valence electrons. The first kappa shape index (κ1) is 18.3. The van der Waals surface area contributed by atoms with E-state index in [4.69, 9.17) is 10.5 Å². The lowest BCUT2D eigenvalue weighted by Gasteiger charge is -2.24. The Morgan fingerprint density at radius 3 is 2.58 bits per heavy atom. The van der Waals surface area contributed by atoms with Crippen LogP contribution in [0.15, 0.2) is 24.3 Å². The number of nitrogens with zero attached hydrogens (tertiary/aromatic N) is 1. The zero-order valence-corrected chi connectivity index (χ0v) is 14.6. The molecule has 1 fully saturated rings. The zero-order valence-electron chi connectivity index (χ0n) is 14.6. The number of methoxy groups -OCH3 is 1. The van der Waals surface area contributed by atoms with E-state index in [1.54, 1.807) is 7.11 Å². The zero-order chi connectivity index (χ0) is 17.7. The van der Waals surface area contributed by atoms with Crippen molar-refractivity contribution in [1.82, 2.24) is 10.2 Å². The van der Waals surface area contributed by atoms with Crippen molar-refractivity contribution in [1.29, 1.82) is 0 Å². The molecule has 3 N–H and O–H groups in total. The number of benzene rings is 1. The molecule has 0 saturated heterocycles. The van der Waals surface area contributed by atoms with E-state index in [1.165, 1.54) is 0 Å². The van der Waals surface area contributed by atoms with E-state index in [9.17, 15) is 9.59 Å². The van der Waals surface area contributed by atoms with Gasteiger partial charge in [0.1, 0.15) is 5.75 Å². The highest BCUT2D eigenvalue weighted by Crippen LogP contribution is 2.30. The quantitative estimate of drug-likeness (QED) is 0.751. The minimum Gasteiger partial charge on any atom is -0.496 e. The third-order valence-electron chi connectivity index (χ3n) is 4.28. The molecule has 1 aromatic rings. The van der Waals surface area contributed by atoms with Crippen LogP contribution in [0.1, 0.15) is 32.3 Å². The summed E-state index contributed by atoms with van der Waals surface area (Å²) in [6.45, 7) is 4.22. The lowest BCUT2D eigenvalue weighted by Crippen LogP contribution is -2.48. The number of nitrogens with one attached hydrogen (secondary N) is 1. The molecule has 0 bridgehead atoms. The van der Waals surface area contributed by atoms with Crippen LogP contribution < -0.4 is 15.8 Å². The predicted octanol–water partition coefficient (Wildman–Crippen LogP) is 1.29. The highest BCUT2D eigenvalue weighted by molar-refractivity contribution is 5.87. The Labute approximate surface area is 143 Å². The Bertz CT molecular complexity index is 585. The molecule has 0 aliphatic heterocycles. The minimum atomic E-state index is -0.596. The van der Waals surface area contributed by atoms with Gasteiger partial charge >= 0.3 is 0 Å². The monoisotopic (exact) mass is 333 g/mol. The van der Waals surface area contributed by atoms with Gasteiger partial charge in [-0.15, -0.1) is 0 Å². The Morgan fingerprint density at radius 1 is 1.33 bits per heavy atom. The van der Waals surface area contributed by atoms with Crippen LogP contribution in [-0.4, -0.2) is 42.5 Å². The van der Waals surface area contributed by atoms with E-state index in [-0.39, 0.29) is 30.3 Å². The van der Waals surface area contributed by atoms with Crippen molar-refractivity contribution in [3.63, 3.8) is 0 Å². The van der Waals surface area contributed by atoms with E-state index in [0.29, 0.717) is 6.54 Å². The highest BCUT2D eigenvalue weighted by atomic mass is 16.5. The summed E-state index contributed by atoms with van der Waals surface area (Å²) in [4.78, 5) is 26.3. The molecule has 2 amide bonds. The normalized spacial score (nSPS) is 15.0. The molecule has 1 saturated carbocycles. The number of amides is 2. The van der Waals surface area contributed by atoms with Crippen molar-refractivity contribution in [2.75, 3.05) is 13.7 Å². The van der Waals surface area contributed by atoms with Crippen molar-refractivity contribution < 1.29 is 14.3 Å². The Hall–Kier alpha value is -2.08. The molecular weight excluding hydrogens is 306 g/mol. The summed E-state index contributed by atoms with van der Waals surface area (Å²) in [5, 5.41) is 2.65. The molecule has 24 heavy (non-hydrogen) atoms. The first-order valence-electron chi connectivity index (χ1n) is 8.38. The van der Waals surface area contributed by atoms with Crippen LogP contribution in [-0.2, 0) is 16.1 Å². The summed E-state index contributed by atoms with van der Waals surface area (Å²) in [5.41, 5.74) is 6.77. The highest BCUT2D eigenvalue weighted by Gasteiger charge is 2.33. The molecule has 0 unspecified atom stereocenters. The number of carbonyl (C=O) groups excluding carboxylic acids is 2. The summed E-state index contributed by atoms with van der Waals surface area (Å²) < 4.78 is 5.36. The maximum atomic E-state index is 12.6. The molecule has 0 radical (unpaired) electrons. The fraction of sp³-hybridized carbons (Fsp3) is 0.556. The first-order chi connectivity index (χ1) is 11.4. The second-order valence-electron chi connectivity index (χ2n) is 6.55. The SMILES string of the molecule is COc1ccccc1CN(C(=O)CNC(=O)[C@@H](N)C(C)C)C1CC1. The Kier molecular flexibility index (Phi) is 6.20. The fourth-order valence-electron chi connectivity index (χ4n) is 2.51. The lowest BCUT2D eigenvalue weighted by molar-refractivity contribution is -0.134. The maximum Gasteiger partial charge on any atom is 0.242 e. The van der Waals surface area contributed by atoms with Crippen molar-refractivity contribution >= 4 is 11.8 Å². The number of hydrogen-bond donors (Lipinski definition) is 2. The van der Waals surface area contributed by atoms with Gasteiger partial charge in [-0.3, -0.25) is 9.59 Å². The smallest absolute Gasteiger partial charge is 0.242 e. The Morgan fingerprint density at radius 2 is 2.00 bits per heavy atom. The van der Waals surface area contributed by atoms with Crippen molar-refractivity contribution in [3.8, 4) is 5.75 Å². The molecule has 1 aromatic carbocycles. The molecule has 1 aliphatic rings. The second-order valence-corrected chi connectivity index (χ2v) is 6.55. The van der Waals surface area contributed by atoms with Gasteiger partial charge in [0.05, 0.1) is 19.7 Å². The summed E-state index contributed by atoms with van der Waals surface area (Å²) >= 11 is 0. The summed E-state index contributed by atoms with van der Waals surface area (Å²) in [6.07, 6.45) is 2.00. The van der Waals surface area contributed by atoms with Crippen LogP contribution in [0.25, 0.3) is 0 Å². The number of rotatable bonds is 8. The molecule has 0 spiro atoms. The van der Waals surface area contributed by atoms with Crippen molar-refractivity contribution in [2.24, 2.45) is 11.7 Å². The van der Waals surface area contributed by atoms with Crippen LogP contribution in [0, 0.1) is 5.92 Å². The van der Waals surface area contributed by atoms with Gasteiger partial charge in [-0.2, -0.15) is 0 Å². The molecule has 2 rings (SSSR count). The van der Waals surface area contributed by atoms with Gasteiger partial charge in [0, 0.05) is 18.2 Å². The van der Waals surface area contributed by atoms with Crippen LogP contribution >= 0.6 is 0 Å². The van der Waals surface area contributed by atoms with Crippen LogP contribution in [0.2, 0.25) is 0 Å². The maximum absolute atomic E-state index is 12.6. The summed E-state index contributed by atoms with van der Waals surface area (Å²) in [7, 11) is 1.62. The number of nitrogens with two attached hydrogens (primary N) is 1. The van der Waals surface area contributed by atoms with Crippen LogP contribution in [0.4, 0.5) is 0 Å². The third-order valence-corrected chi connectivity index (χ3v) is 4.28. The number of ether oxygens (including phenoxy) is 1. The van der Waals surface area contributed by atoms with Gasteiger partial charge in [-0.1, -0.05) is 32.0 Å². The average molecular weight is 333 g/mol. The van der Waals surface area contributed by atoms with Gasteiger partial charge in [-0.25, -0.2) is 0 Å². The standard InChI is InChI=1S/C18H27N3O3/c1-12(2)17(19)18(23)20-10-16(22)21(14-8-9-14)11-13-6-4-5-7-15(13)24-3/h4-7,12,14,17H,8-11,19H2,1-3H3,(H,20,23)/t17-/m0/s1. The van der Waals surface area contributed by atoms with E-state index >= 15 is 0 Å². The molecule has 1 aliphatic carbocycles. The molecule has 6 heteroatoms. The first-order valence-corrected chi connectivity index (χ1v) is 8.38. The van der Waals surface area contributed by atoms with Gasteiger partial charge in [0.15, 0.2) is 0 Å². The van der Waals surface area contributed by atoms with Crippen molar-refractivity contribution in [3.05, 3.63) is 29.8 Å². The molecular formula is C18H27N3O3. The number of para-hydroxylation sites is 1. The van der Waals surface area contributed by atoms with E-state index in [1.807, 2.05) is 43.0 Å². The van der Waals surface area contributed by atoms with Gasteiger partial charge in [-0.05, 0) is 24.8 Å². The van der Waals surface area contributed by atoms with E-state index in [2.05, 4.69) is 5.32 Å². The van der Waals surface area contributed by atoms with Crippen LogP contribution in [0.5, 0.6) is 5.75 Å². The number of hydrogen-bond acceptors (Lipinski definition) is 4. The van der Waals surface area contributed by atoms with Crippen LogP contribution in [0.3, 0.4) is 0 Å². The summed E-state index contributed by atoms with van der Waals surface area (Å²) in [6, 6.07) is 7.32. The average Bonchev–Trinajstić information content (AvgIpc) is 3.41. The second kappa shape index (κ2) is 8.15. The molecule has 0 aromatic heterocycles. The van der Waals surface area contributed by atoms with Gasteiger partial charge < -0.3 is 20.7 Å². The predicted molar refractivity (Wildman–Crippen MR) is 92.4 cm³/mol. The topological polar surface area (TPSA) is 84.7 Å². The largest absolute Gasteiger partial charge is 0.496 e. The molecule has 0 heterocycles.